The van der Waals surface area contributed by atoms with Gasteiger partial charge in [0.2, 0.25) is 5.91 Å². The molecular formula is C24H20ClN5O. The lowest BCUT2D eigenvalue weighted by Crippen LogP contribution is -2.42. The summed E-state index contributed by atoms with van der Waals surface area (Å²) in [7, 11) is 0. The molecule has 3 heterocycles. The predicted molar refractivity (Wildman–Crippen MR) is 122 cm³/mol. The van der Waals surface area contributed by atoms with Gasteiger partial charge in [0.05, 0.1) is 16.9 Å². The second-order valence-corrected chi connectivity index (χ2v) is 7.91. The number of hydrogen-bond acceptors (Lipinski definition) is 5. The van der Waals surface area contributed by atoms with Gasteiger partial charge in [0.1, 0.15) is 6.04 Å². The Hall–Kier alpha value is -3.51. The number of nitrogens with zero attached hydrogens (tertiary/aromatic N) is 4. The van der Waals surface area contributed by atoms with E-state index in [0.29, 0.717) is 10.8 Å². The standard InChI is InChI=1S/C24H20ClN5O/c25-21-12-11-19(28-29-21)18-13-15-30(17-8-2-1-3-9-17)23(18)24(31)27-20-10-4-6-16-7-5-14-26-22(16)20/h1-12,14,18,23H,13,15H2,(H,27,31)/t18-,23-/m1/s1. The van der Waals surface area contributed by atoms with E-state index >= 15 is 0 Å². The van der Waals surface area contributed by atoms with Crippen LogP contribution in [0.4, 0.5) is 11.4 Å². The Bertz CT molecular complexity index is 1210. The maximum Gasteiger partial charge on any atom is 0.247 e. The van der Waals surface area contributed by atoms with E-state index in [-0.39, 0.29) is 11.8 Å². The minimum atomic E-state index is -0.433. The van der Waals surface area contributed by atoms with Gasteiger partial charge < -0.3 is 10.2 Å². The molecule has 7 heteroatoms. The second kappa shape index (κ2) is 8.32. The Balaban J connectivity index is 1.51. The van der Waals surface area contributed by atoms with Crippen molar-refractivity contribution < 1.29 is 4.79 Å². The molecule has 5 rings (SSSR count). The van der Waals surface area contributed by atoms with Crippen molar-refractivity contribution in [2.45, 2.75) is 18.4 Å². The zero-order valence-electron chi connectivity index (χ0n) is 16.6. The van der Waals surface area contributed by atoms with Crippen molar-refractivity contribution in [2.75, 3.05) is 16.8 Å². The van der Waals surface area contributed by atoms with Gasteiger partial charge in [-0.2, -0.15) is 5.10 Å². The van der Waals surface area contributed by atoms with Crippen LogP contribution in [-0.4, -0.2) is 33.7 Å². The molecule has 1 aliphatic heterocycles. The van der Waals surface area contributed by atoms with Gasteiger partial charge in [-0.1, -0.05) is 48.0 Å². The molecule has 1 amide bonds. The molecule has 1 fully saturated rings. The number of carbonyl (C=O) groups excluding carboxylic acids is 1. The second-order valence-electron chi connectivity index (χ2n) is 7.52. The summed E-state index contributed by atoms with van der Waals surface area (Å²) in [4.78, 5) is 20.2. The average molecular weight is 430 g/mol. The van der Waals surface area contributed by atoms with Crippen molar-refractivity contribution in [3.05, 3.63) is 89.8 Å². The summed E-state index contributed by atoms with van der Waals surface area (Å²) in [5.74, 6) is -0.200. The number of rotatable bonds is 4. The molecule has 0 spiro atoms. The lowest BCUT2D eigenvalue weighted by atomic mass is 9.95. The summed E-state index contributed by atoms with van der Waals surface area (Å²) >= 11 is 5.93. The number of pyridine rings is 1. The summed E-state index contributed by atoms with van der Waals surface area (Å²) < 4.78 is 0. The third-order valence-corrected chi connectivity index (χ3v) is 5.88. The van der Waals surface area contributed by atoms with Gasteiger partial charge in [-0.3, -0.25) is 9.78 Å². The van der Waals surface area contributed by atoms with Crippen LogP contribution in [0.15, 0.2) is 79.0 Å². The zero-order valence-corrected chi connectivity index (χ0v) is 17.4. The first-order chi connectivity index (χ1) is 15.2. The first-order valence-electron chi connectivity index (χ1n) is 10.2. The van der Waals surface area contributed by atoms with Crippen LogP contribution in [0.1, 0.15) is 18.0 Å². The third-order valence-electron chi connectivity index (χ3n) is 5.68. The SMILES string of the molecule is O=C(Nc1cccc2cccnc12)[C@H]1[C@@H](c2ccc(Cl)nn2)CCN1c1ccccc1. The molecule has 0 unspecified atom stereocenters. The zero-order chi connectivity index (χ0) is 21.2. The molecule has 154 valence electrons. The molecule has 0 saturated carbocycles. The first kappa shape index (κ1) is 19.5. The highest BCUT2D eigenvalue weighted by atomic mass is 35.5. The van der Waals surface area contributed by atoms with Crippen LogP contribution >= 0.6 is 11.6 Å². The molecule has 1 aliphatic rings. The molecule has 1 N–H and O–H groups in total. The van der Waals surface area contributed by atoms with E-state index in [1.165, 1.54) is 0 Å². The molecule has 0 radical (unpaired) electrons. The quantitative estimate of drug-likeness (QED) is 0.510. The number of carbonyl (C=O) groups is 1. The number of aromatic nitrogens is 3. The van der Waals surface area contributed by atoms with E-state index in [0.717, 1.165) is 35.2 Å². The van der Waals surface area contributed by atoms with Gasteiger partial charge in [-0.05, 0) is 42.8 Å². The van der Waals surface area contributed by atoms with Crippen LogP contribution in [0.2, 0.25) is 5.15 Å². The van der Waals surface area contributed by atoms with E-state index in [9.17, 15) is 4.79 Å². The summed E-state index contributed by atoms with van der Waals surface area (Å²) in [6, 6.07) is 22.8. The van der Waals surface area contributed by atoms with Crippen LogP contribution in [-0.2, 0) is 4.79 Å². The van der Waals surface area contributed by atoms with Gasteiger partial charge >= 0.3 is 0 Å². The maximum absolute atomic E-state index is 13.6. The molecule has 2 aromatic heterocycles. The number of hydrogen-bond donors (Lipinski definition) is 1. The number of halogens is 1. The van der Waals surface area contributed by atoms with Crippen LogP contribution in [0.5, 0.6) is 0 Å². The van der Waals surface area contributed by atoms with Crippen molar-refractivity contribution in [1.82, 2.24) is 15.2 Å². The molecule has 31 heavy (non-hydrogen) atoms. The molecule has 6 nitrogen and oxygen atoms in total. The van der Waals surface area contributed by atoms with Gasteiger partial charge in [0.15, 0.2) is 5.15 Å². The van der Waals surface area contributed by atoms with Gasteiger partial charge in [0.25, 0.3) is 0 Å². The fourth-order valence-electron chi connectivity index (χ4n) is 4.27. The fourth-order valence-corrected chi connectivity index (χ4v) is 4.37. The molecule has 2 aromatic carbocycles. The highest BCUT2D eigenvalue weighted by Gasteiger charge is 2.41. The fraction of sp³-hybridized carbons (Fsp3) is 0.167. The maximum atomic E-state index is 13.6. The van der Waals surface area contributed by atoms with Crippen molar-refractivity contribution in [2.24, 2.45) is 0 Å². The third kappa shape index (κ3) is 3.82. The number of fused-ring (bicyclic) bond motifs is 1. The van der Waals surface area contributed by atoms with Crippen molar-refractivity contribution in [3.63, 3.8) is 0 Å². The van der Waals surface area contributed by atoms with Crippen molar-refractivity contribution >= 4 is 39.8 Å². The number of nitrogens with one attached hydrogen (secondary N) is 1. The number of amides is 1. The van der Waals surface area contributed by atoms with Crippen molar-refractivity contribution in [1.29, 1.82) is 0 Å². The molecule has 4 aromatic rings. The van der Waals surface area contributed by atoms with E-state index in [4.69, 9.17) is 11.6 Å². The highest BCUT2D eigenvalue weighted by molar-refractivity contribution is 6.29. The molecule has 0 aliphatic carbocycles. The lowest BCUT2D eigenvalue weighted by Gasteiger charge is -2.29. The van der Waals surface area contributed by atoms with Crippen LogP contribution < -0.4 is 10.2 Å². The smallest absolute Gasteiger partial charge is 0.247 e. The summed E-state index contributed by atoms with van der Waals surface area (Å²) in [6.07, 6.45) is 2.52. The Morgan fingerprint density at radius 1 is 0.968 bits per heavy atom. The van der Waals surface area contributed by atoms with E-state index in [1.807, 2.05) is 66.7 Å². The molecule has 1 saturated heterocycles. The van der Waals surface area contributed by atoms with Crippen LogP contribution in [0.25, 0.3) is 10.9 Å². The topological polar surface area (TPSA) is 71.0 Å². The summed E-state index contributed by atoms with van der Waals surface area (Å²) in [5.41, 5.74) is 3.23. The lowest BCUT2D eigenvalue weighted by molar-refractivity contribution is -0.117. The first-order valence-corrected chi connectivity index (χ1v) is 10.5. The Labute approximate surface area is 184 Å². The minimum absolute atomic E-state index is 0.0961. The molecular weight excluding hydrogens is 410 g/mol. The Morgan fingerprint density at radius 3 is 2.61 bits per heavy atom. The van der Waals surface area contributed by atoms with Crippen LogP contribution in [0, 0.1) is 0 Å². The number of benzene rings is 2. The average Bonchev–Trinajstić information content (AvgIpc) is 3.26. The summed E-state index contributed by atoms with van der Waals surface area (Å²) in [6.45, 7) is 0.741. The van der Waals surface area contributed by atoms with Crippen LogP contribution in [0.3, 0.4) is 0 Å². The van der Waals surface area contributed by atoms with Gasteiger partial charge in [-0.25, -0.2) is 0 Å². The number of anilines is 2. The molecule has 2 atom stereocenters. The van der Waals surface area contributed by atoms with Gasteiger partial charge in [0, 0.05) is 29.7 Å². The normalized spacial score (nSPS) is 18.3. The monoisotopic (exact) mass is 429 g/mol. The highest BCUT2D eigenvalue weighted by Crippen LogP contribution is 2.37. The van der Waals surface area contributed by atoms with Crippen molar-refractivity contribution in [3.8, 4) is 0 Å². The Kier molecular flexibility index (Phi) is 5.22. The minimum Gasteiger partial charge on any atom is -0.359 e. The van der Waals surface area contributed by atoms with E-state index in [1.54, 1.807) is 12.3 Å². The van der Waals surface area contributed by atoms with E-state index < -0.39 is 6.04 Å². The Morgan fingerprint density at radius 2 is 1.81 bits per heavy atom. The van der Waals surface area contributed by atoms with Gasteiger partial charge in [-0.15, -0.1) is 5.10 Å². The largest absolute Gasteiger partial charge is 0.359 e. The predicted octanol–water partition coefficient (Wildman–Crippen LogP) is 4.68. The van der Waals surface area contributed by atoms with E-state index in [2.05, 4.69) is 25.4 Å². The summed E-state index contributed by atoms with van der Waals surface area (Å²) in [5, 5.41) is 12.7. The number of para-hydroxylation sites is 2. The molecule has 0 bridgehead atoms.